The highest BCUT2D eigenvalue weighted by molar-refractivity contribution is 6.32. The molecular weight excluding hydrogens is 395 g/mol. The fraction of sp³-hybridized carbons (Fsp3) is 0.619. The minimum absolute atomic E-state index is 0.126. The number of aliphatic carboxylic acids is 1. The number of hydrogen-bond acceptors (Lipinski definition) is 4. The number of amides is 1. The molecule has 1 aliphatic heterocycles. The third kappa shape index (κ3) is 6.97. The summed E-state index contributed by atoms with van der Waals surface area (Å²) in [7, 11) is 1.72. The van der Waals surface area contributed by atoms with Gasteiger partial charge in [-0.25, -0.2) is 4.79 Å². The summed E-state index contributed by atoms with van der Waals surface area (Å²) in [6, 6.07) is 5.69. The highest BCUT2D eigenvalue weighted by atomic mass is 19.3. The van der Waals surface area contributed by atoms with Gasteiger partial charge in [0.15, 0.2) is 0 Å². The summed E-state index contributed by atoms with van der Waals surface area (Å²) in [6.45, 7) is 0.671. The van der Waals surface area contributed by atoms with Gasteiger partial charge in [-0.1, -0.05) is 42.6 Å². The Balaban J connectivity index is 1.86. The van der Waals surface area contributed by atoms with Crippen molar-refractivity contribution in [1.82, 2.24) is 4.90 Å². The van der Waals surface area contributed by atoms with Crippen LogP contribution >= 0.6 is 0 Å². The minimum Gasteiger partial charge on any atom is -0.481 e. The van der Waals surface area contributed by atoms with Gasteiger partial charge in [0, 0.05) is 31.0 Å². The molecule has 9 heteroatoms. The Morgan fingerprint density at radius 2 is 2.03 bits per heavy atom. The molecule has 0 bridgehead atoms. The van der Waals surface area contributed by atoms with Crippen molar-refractivity contribution in [3.8, 4) is 0 Å². The molecule has 1 fully saturated rings. The second-order valence-corrected chi connectivity index (χ2v) is 7.89. The van der Waals surface area contributed by atoms with Crippen molar-refractivity contribution in [3.63, 3.8) is 0 Å². The van der Waals surface area contributed by atoms with Gasteiger partial charge in [-0.3, -0.25) is 4.79 Å². The van der Waals surface area contributed by atoms with Crippen molar-refractivity contribution in [2.24, 2.45) is 0 Å². The Morgan fingerprint density at radius 1 is 1.30 bits per heavy atom. The Kier molecular flexibility index (Phi) is 9.08. The maximum absolute atomic E-state index is 14.6. The fourth-order valence-corrected chi connectivity index (χ4v) is 3.73. The largest absolute Gasteiger partial charge is 0.481 e. The smallest absolute Gasteiger partial charge is 0.410 e. The molecule has 0 aromatic heterocycles. The van der Waals surface area contributed by atoms with Crippen molar-refractivity contribution in [2.45, 2.75) is 69.4 Å². The first-order valence-electron chi connectivity index (χ1n) is 10.5. The zero-order valence-corrected chi connectivity index (χ0v) is 17.4. The van der Waals surface area contributed by atoms with Crippen LogP contribution in [0.2, 0.25) is 0 Å². The Morgan fingerprint density at radius 3 is 2.73 bits per heavy atom. The van der Waals surface area contributed by atoms with Crippen LogP contribution in [0.1, 0.15) is 56.9 Å². The molecule has 1 unspecified atom stereocenters. The zero-order valence-electron chi connectivity index (χ0n) is 17.4. The SMILES string of the molecule is Bc1cccc(C(F)(F)C(O)CC[C@H]2CCOC(=O)N2CCCCCCC(=O)O)c1. The van der Waals surface area contributed by atoms with Crippen LogP contribution in [-0.4, -0.2) is 60.3 Å². The lowest BCUT2D eigenvalue weighted by atomic mass is 9.90. The van der Waals surface area contributed by atoms with Gasteiger partial charge >= 0.3 is 12.1 Å². The minimum atomic E-state index is -3.36. The van der Waals surface area contributed by atoms with E-state index in [4.69, 9.17) is 9.84 Å². The molecule has 1 amide bonds. The molecule has 1 aromatic carbocycles. The average molecular weight is 425 g/mol. The van der Waals surface area contributed by atoms with E-state index < -0.39 is 24.1 Å². The van der Waals surface area contributed by atoms with Gasteiger partial charge in [0.25, 0.3) is 5.92 Å². The highest BCUT2D eigenvalue weighted by Gasteiger charge is 2.41. The van der Waals surface area contributed by atoms with E-state index in [1.54, 1.807) is 24.9 Å². The maximum atomic E-state index is 14.6. The number of alkyl halides is 2. The first-order valence-corrected chi connectivity index (χ1v) is 10.5. The van der Waals surface area contributed by atoms with Crippen molar-refractivity contribution in [3.05, 3.63) is 29.8 Å². The van der Waals surface area contributed by atoms with Gasteiger partial charge in [0.2, 0.25) is 0 Å². The lowest BCUT2D eigenvalue weighted by Gasteiger charge is -2.36. The number of aliphatic hydroxyl groups is 1. The van der Waals surface area contributed by atoms with Gasteiger partial charge in [-0.05, 0) is 25.7 Å². The van der Waals surface area contributed by atoms with Crippen LogP contribution < -0.4 is 5.46 Å². The number of carboxylic acid groups (broad SMARTS) is 1. The first kappa shape index (κ1) is 24.1. The summed E-state index contributed by atoms with van der Waals surface area (Å²) in [6.07, 6.45) is 1.29. The Hall–Kier alpha value is -2.16. The molecule has 2 atom stereocenters. The van der Waals surface area contributed by atoms with E-state index >= 15 is 0 Å². The molecule has 0 radical (unpaired) electrons. The van der Waals surface area contributed by atoms with Crippen LogP contribution in [0, 0.1) is 0 Å². The molecule has 166 valence electrons. The van der Waals surface area contributed by atoms with Crippen LogP contribution in [0.4, 0.5) is 13.6 Å². The number of nitrogens with zero attached hydrogens (tertiary/aromatic N) is 1. The molecule has 30 heavy (non-hydrogen) atoms. The van der Waals surface area contributed by atoms with E-state index in [1.165, 1.54) is 12.1 Å². The number of rotatable bonds is 12. The van der Waals surface area contributed by atoms with Crippen LogP contribution in [0.5, 0.6) is 0 Å². The second kappa shape index (κ2) is 11.3. The van der Waals surface area contributed by atoms with E-state index in [0.29, 0.717) is 31.3 Å². The summed E-state index contributed by atoms with van der Waals surface area (Å²) >= 11 is 0. The molecule has 0 saturated carbocycles. The molecule has 1 aliphatic rings. The number of cyclic esters (lactones) is 1. The van der Waals surface area contributed by atoms with Crippen LogP contribution in [-0.2, 0) is 15.5 Å². The lowest BCUT2D eigenvalue weighted by Crippen LogP contribution is -2.46. The maximum Gasteiger partial charge on any atom is 0.410 e. The monoisotopic (exact) mass is 425 g/mol. The lowest BCUT2D eigenvalue weighted by molar-refractivity contribution is -0.137. The van der Waals surface area contributed by atoms with Crippen LogP contribution in [0.25, 0.3) is 0 Å². The topological polar surface area (TPSA) is 87.1 Å². The van der Waals surface area contributed by atoms with Crippen molar-refractivity contribution >= 4 is 25.4 Å². The molecule has 6 nitrogen and oxygen atoms in total. The highest BCUT2D eigenvalue weighted by Crippen LogP contribution is 2.34. The molecule has 1 heterocycles. The van der Waals surface area contributed by atoms with Gasteiger partial charge < -0.3 is 19.8 Å². The van der Waals surface area contributed by atoms with E-state index in [0.717, 1.165) is 12.8 Å². The van der Waals surface area contributed by atoms with Crippen molar-refractivity contribution in [1.29, 1.82) is 0 Å². The van der Waals surface area contributed by atoms with Crippen LogP contribution in [0.3, 0.4) is 0 Å². The van der Waals surface area contributed by atoms with Gasteiger partial charge in [-0.2, -0.15) is 8.78 Å². The van der Waals surface area contributed by atoms with E-state index in [2.05, 4.69) is 0 Å². The fourth-order valence-electron chi connectivity index (χ4n) is 3.73. The first-order chi connectivity index (χ1) is 14.2. The number of halogens is 2. The van der Waals surface area contributed by atoms with Crippen molar-refractivity contribution in [2.75, 3.05) is 13.2 Å². The summed E-state index contributed by atoms with van der Waals surface area (Å²) in [4.78, 5) is 24.2. The van der Waals surface area contributed by atoms with E-state index in [9.17, 15) is 23.5 Å². The summed E-state index contributed by atoms with van der Waals surface area (Å²) in [5.41, 5.74) is 0.486. The second-order valence-electron chi connectivity index (χ2n) is 7.89. The molecule has 1 saturated heterocycles. The number of ether oxygens (including phenoxy) is 1. The van der Waals surface area contributed by atoms with Gasteiger partial charge in [0.05, 0.1) is 6.61 Å². The molecule has 0 aliphatic carbocycles. The predicted octanol–water partition coefficient (Wildman–Crippen LogP) is 2.42. The van der Waals surface area contributed by atoms with E-state index in [-0.39, 0.29) is 37.5 Å². The number of carbonyl (C=O) groups excluding carboxylic acids is 1. The number of unbranched alkanes of at least 4 members (excludes halogenated alkanes) is 3. The average Bonchev–Trinajstić information content (AvgIpc) is 2.69. The quantitative estimate of drug-likeness (QED) is 0.397. The molecule has 2 rings (SSSR count). The number of aliphatic hydroxyl groups excluding tert-OH is 1. The summed E-state index contributed by atoms with van der Waals surface area (Å²) in [5, 5.41) is 18.8. The van der Waals surface area contributed by atoms with Gasteiger partial charge in [-0.15, -0.1) is 0 Å². The third-order valence-electron chi connectivity index (χ3n) is 5.49. The molecule has 2 N–H and O–H groups in total. The summed E-state index contributed by atoms with van der Waals surface area (Å²) < 4.78 is 34.4. The Labute approximate surface area is 176 Å². The zero-order chi connectivity index (χ0) is 22.1. The number of hydrogen-bond donors (Lipinski definition) is 2. The standard InChI is InChI=1S/C21H30BF2NO5/c22-16-7-5-6-15(14-16)21(23,24)18(26)10-9-17-11-13-30-20(29)25(17)12-4-2-1-3-8-19(27)28/h5-7,14,17-18,26H,1-4,8-13,22H2,(H,27,28)/t17-,18?/m0/s1. The van der Waals surface area contributed by atoms with Crippen LogP contribution in [0.15, 0.2) is 24.3 Å². The number of carbonyl (C=O) groups is 2. The summed E-state index contributed by atoms with van der Waals surface area (Å²) in [5.74, 6) is -4.19. The van der Waals surface area contributed by atoms with Gasteiger partial charge in [0.1, 0.15) is 14.0 Å². The predicted molar refractivity (Wildman–Crippen MR) is 111 cm³/mol. The number of carboxylic acids is 1. The Bertz CT molecular complexity index is 718. The van der Waals surface area contributed by atoms with E-state index in [1.807, 2.05) is 0 Å². The number of benzene rings is 1. The molecule has 0 spiro atoms. The molecular formula is C21H30BF2NO5. The third-order valence-corrected chi connectivity index (χ3v) is 5.49. The normalized spacial score (nSPS) is 18.2. The molecule has 1 aromatic rings. The van der Waals surface area contributed by atoms with Crippen molar-refractivity contribution < 1.29 is 33.3 Å².